The smallest absolute Gasteiger partial charge is 0.262 e. The van der Waals surface area contributed by atoms with Gasteiger partial charge in [0, 0.05) is 56.7 Å². The van der Waals surface area contributed by atoms with E-state index in [1.165, 1.54) is 65.5 Å². The summed E-state index contributed by atoms with van der Waals surface area (Å²) in [5, 5.41) is 8.85. The number of aromatic amines is 1. The van der Waals surface area contributed by atoms with E-state index in [1.54, 1.807) is 6.26 Å². The van der Waals surface area contributed by atoms with Crippen LogP contribution in [0, 0.1) is 10.8 Å². The third-order valence-electron chi connectivity index (χ3n) is 17.3. The number of carbonyl (C=O) groups excluding carboxylic acids is 1. The van der Waals surface area contributed by atoms with Crippen molar-refractivity contribution in [2.24, 2.45) is 10.8 Å². The summed E-state index contributed by atoms with van der Waals surface area (Å²) in [5.74, 6) is 5.70. The fourth-order valence-corrected chi connectivity index (χ4v) is 13.1. The summed E-state index contributed by atoms with van der Waals surface area (Å²) in [6, 6.07) is 60.2. The molecule has 8 aromatic carbocycles. The SMILES string of the molecule is C1=Cc2ccccc2OC1.CC(C)(C)C.CC(C)(C)C.CC(C)(C)c1ccc2c(c1)CCO2.CC(C)(C)c1cccc2[nH]ccc12.CC(C)(C)c1cccc2c1OCC(=O)N2.CC(C)(C)c1cccc2c1OCC2.CC(C)(C)c1cccc2c1OCO2.CC(C)(C)c1cccc2ccsc12.c1ccc2occc2c1. The van der Waals surface area contributed by atoms with Gasteiger partial charge in [-0.2, -0.15) is 0 Å². The lowest BCUT2D eigenvalue weighted by Gasteiger charge is -2.27. The Morgan fingerprint density at radius 3 is 1.59 bits per heavy atom. The van der Waals surface area contributed by atoms with Crippen LogP contribution in [0.25, 0.3) is 38.0 Å². The summed E-state index contributed by atoms with van der Waals surface area (Å²) < 4.78 is 39.2. The molecular formula is C98H128N2O8S. The molecule has 0 bridgehead atoms. The molecule has 8 heterocycles. The standard InChI is InChI=1S/C12H15NO2.C12H15N.2C12H16O.C12H14S.C11H14O2.C9H8O.C8H6O.2C5H12/c1-12(2,3)8-5-4-6-9-11(8)15-7-10(14)13-9;1-12(2,3)10-5-4-6-11-9(10)7-8-13-11;1-12(2,3)10-4-5-11-9(8-10)6-7-13-11;2*1-12(2,3)10-6-4-5-9-7-8-13-11(9)10;1-11(2,3)8-5-4-6-9-10(8)13-7-12-9;1-2-6-9-8(4-1)5-3-7-10-9;1-2-4-8-7(3-1)5-6-9-8;2*1-5(2,3)4/h4-6H,7H2,1-3H3,(H,13,14);4-8,13H,1-3H3;4-5,8H,6-7H2,1-3H3;4-6H,7-8H2,1-3H3;4-8H,1-3H3;4-6H,7H2,1-3H3;1-6H,7H2;1-6H;2*1-4H3. The van der Waals surface area contributed by atoms with Crippen LogP contribution in [0.15, 0.2) is 204 Å². The van der Waals surface area contributed by atoms with E-state index < -0.39 is 0 Å². The van der Waals surface area contributed by atoms with Crippen LogP contribution in [0.2, 0.25) is 0 Å². The lowest BCUT2D eigenvalue weighted by Crippen LogP contribution is -2.27. The molecule has 0 fully saturated rings. The van der Waals surface area contributed by atoms with E-state index in [0.29, 0.717) is 24.2 Å². The quantitative estimate of drug-likeness (QED) is 0.154. The van der Waals surface area contributed by atoms with Crippen molar-refractivity contribution in [1.82, 2.24) is 4.98 Å². The van der Waals surface area contributed by atoms with E-state index in [-0.39, 0.29) is 45.0 Å². The summed E-state index contributed by atoms with van der Waals surface area (Å²) in [6.07, 6.45) is 9.93. The number of fused-ring (bicyclic) bond motifs is 8. The van der Waals surface area contributed by atoms with E-state index in [9.17, 15) is 4.79 Å². The van der Waals surface area contributed by atoms with E-state index in [4.69, 9.17) is 32.8 Å². The predicted octanol–water partition coefficient (Wildman–Crippen LogP) is 27.2. The average Bonchev–Trinajstić information content (AvgIpc) is 1.43. The molecular weight excluding hydrogens is 1370 g/mol. The molecule has 109 heavy (non-hydrogen) atoms. The van der Waals surface area contributed by atoms with Gasteiger partial charge in [-0.15, -0.1) is 11.3 Å². The Morgan fingerprint density at radius 1 is 0.404 bits per heavy atom. The molecule has 0 atom stereocenters. The first kappa shape index (κ1) is 87.0. The van der Waals surface area contributed by atoms with Crippen LogP contribution in [-0.2, 0) is 50.1 Å². The fourth-order valence-electron chi connectivity index (χ4n) is 12.0. The molecule has 16 rings (SSSR count). The molecule has 0 unspecified atom stereocenters. The van der Waals surface area contributed by atoms with Crippen molar-refractivity contribution in [3.63, 3.8) is 0 Å². The maximum atomic E-state index is 11.2. The van der Waals surface area contributed by atoms with Gasteiger partial charge in [0.25, 0.3) is 5.91 Å². The molecule has 3 aromatic heterocycles. The number of amides is 1. The number of aromatic nitrogens is 1. The summed E-state index contributed by atoms with van der Waals surface area (Å²) in [5.41, 5.74) is 16.9. The van der Waals surface area contributed by atoms with Gasteiger partial charge in [0.05, 0.1) is 25.2 Å². The minimum absolute atomic E-state index is 0.0212. The molecule has 11 aromatic rings. The lowest BCUT2D eigenvalue weighted by molar-refractivity contribution is -0.118. The molecule has 5 aliphatic heterocycles. The van der Waals surface area contributed by atoms with Crippen LogP contribution in [0.1, 0.15) is 230 Å². The van der Waals surface area contributed by atoms with Crippen LogP contribution < -0.4 is 33.7 Å². The number of anilines is 1. The molecule has 0 radical (unpaired) electrons. The normalized spacial score (nSPS) is 13.7. The fraction of sp³-hybridized carbons (Fsp3) is 0.418. The molecule has 0 spiro atoms. The van der Waals surface area contributed by atoms with Gasteiger partial charge < -0.3 is 43.1 Å². The van der Waals surface area contributed by atoms with Gasteiger partial charge in [-0.05, 0) is 148 Å². The maximum absolute atomic E-state index is 11.2. The molecule has 0 saturated carbocycles. The summed E-state index contributed by atoms with van der Waals surface area (Å²) >= 11 is 1.84. The Morgan fingerprint density at radius 2 is 0.945 bits per heavy atom. The molecule has 11 heteroatoms. The van der Waals surface area contributed by atoms with E-state index in [1.807, 2.05) is 109 Å². The van der Waals surface area contributed by atoms with Crippen molar-refractivity contribution in [2.75, 3.05) is 38.5 Å². The third-order valence-corrected chi connectivity index (χ3v) is 18.3. The van der Waals surface area contributed by atoms with Gasteiger partial charge in [-0.25, -0.2) is 0 Å². The second kappa shape index (κ2) is 37.5. The number of nitrogens with one attached hydrogen (secondary N) is 2. The van der Waals surface area contributed by atoms with E-state index in [0.717, 1.165) is 82.8 Å². The van der Waals surface area contributed by atoms with Crippen LogP contribution in [0.5, 0.6) is 34.5 Å². The molecule has 5 aliphatic rings. The number of hydrogen-bond donors (Lipinski definition) is 2. The Balaban J connectivity index is 0.000000171. The summed E-state index contributed by atoms with van der Waals surface area (Å²) in [4.78, 5) is 14.4. The first-order valence-electron chi connectivity index (χ1n) is 38.6. The molecule has 584 valence electrons. The minimum atomic E-state index is -0.0893. The van der Waals surface area contributed by atoms with Crippen LogP contribution >= 0.6 is 11.3 Å². The van der Waals surface area contributed by atoms with Crippen LogP contribution in [0.4, 0.5) is 5.69 Å². The molecule has 1 amide bonds. The minimum Gasteiger partial charge on any atom is -0.493 e. The average molecular weight is 1490 g/mol. The highest BCUT2D eigenvalue weighted by atomic mass is 32.1. The Kier molecular flexibility index (Phi) is 29.9. The molecule has 10 nitrogen and oxygen atoms in total. The number of benzene rings is 8. The highest BCUT2D eigenvalue weighted by molar-refractivity contribution is 7.17. The summed E-state index contributed by atoms with van der Waals surface area (Å²) in [7, 11) is 0. The number of para-hydroxylation sites is 5. The largest absolute Gasteiger partial charge is 0.493 e. The van der Waals surface area contributed by atoms with Crippen LogP contribution in [0.3, 0.4) is 0 Å². The third kappa shape index (κ3) is 27.4. The number of carbonyl (C=O) groups is 1. The zero-order valence-corrected chi connectivity index (χ0v) is 71.6. The Labute approximate surface area is 658 Å². The van der Waals surface area contributed by atoms with Gasteiger partial charge in [0.2, 0.25) is 6.79 Å². The van der Waals surface area contributed by atoms with E-state index >= 15 is 0 Å². The Bertz CT molecular complexity index is 4510. The van der Waals surface area contributed by atoms with Crippen molar-refractivity contribution >= 4 is 61.0 Å². The monoisotopic (exact) mass is 1490 g/mol. The van der Waals surface area contributed by atoms with Crippen molar-refractivity contribution in [3.8, 4) is 34.5 Å². The highest BCUT2D eigenvalue weighted by Crippen LogP contribution is 2.43. The van der Waals surface area contributed by atoms with Gasteiger partial charge in [0.15, 0.2) is 18.1 Å². The summed E-state index contributed by atoms with van der Waals surface area (Å²) in [6.45, 7) is 60.2. The maximum Gasteiger partial charge on any atom is 0.262 e. The lowest BCUT2D eigenvalue weighted by atomic mass is 9.85. The second-order valence-corrected chi connectivity index (χ2v) is 38.4. The predicted molar refractivity (Wildman–Crippen MR) is 464 cm³/mol. The first-order valence-corrected chi connectivity index (χ1v) is 39.5. The number of rotatable bonds is 0. The molecule has 0 saturated heterocycles. The van der Waals surface area contributed by atoms with Crippen molar-refractivity contribution < 1.29 is 37.6 Å². The van der Waals surface area contributed by atoms with Crippen molar-refractivity contribution in [1.29, 1.82) is 0 Å². The molecule has 0 aliphatic carbocycles. The Hall–Kier alpha value is -9.19. The number of ether oxygens (including phenoxy) is 6. The van der Waals surface area contributed by atoms with E-state index in [2.05, 4.69) is 293 Å². The zero-order chi connectivity index (χ0) is 80.3. The van der Waals surface area contributed by atoms with Gasteiger partial charge in [-0.3, -0.25) is 4.79 Å². The zero-order valence-electron chi connectivity index (χ0n) is 70.8. The van der Waals surface area contributed by atoms with Crippen molar-refractivity contribution in [3.05, 3.63) is 250 Å². The van der Waals surface area contributed by atoms with Crippen LogP contribution in [-0.4, -0.2) is 44.1 Å². The van der Waals surface area contributed by atoms with Gasteiger partial charge in [-0.1, -0.05) is 307 Å². The topological polar surface area (TPSA) is 113 Å². The van der Waals surface area contributed by atoms with Gasteiger partial charge >= 0.3 is 0 Å². The number of thiophene rings is 1. The van der Waals surface area contributed by atoms with Gasteiger partial charge in [0.1, 0.15) is 35.2 Å². The molecule has 2 N–H and O–H groups in total. The second-order valence-electron chi connectivity index (χ2n) is 37.5. The highest BCUT2D eigenvalue weighted by Gasteiger charge is 2.28. The van der Waals surface area contributed by atoms with Crippen molar-refractivity contribution in [2.45, 2.75) is 225 Å². The first-order chi connectivity index (χ1) is 50.8. The number of hydrogen-bond acceptors (Lipinski definition) is 9. The number of H-pyrrole nitrogens is 1. The number of furan rings is 1.